The van der Waals surface area contributed by atoms with E-state index in [1.807, 2.05) is 6.92 Å². The summed E-state index contributed by atoms with van der Waals surface area (Å²) in [6.45, 7) is 9.70. The van der Waals surface area contributed by atoms with Crippen LogP contribution in [0.3, 0.4) is 0 Å². The molecule has 0 bridgehead atoms. The molecule has 0 spiro atoms. The van der Waals surface area contributed by atoms with Crippen LogP contribution in [-0.2, 0) is 4.79 Å². The van der Waals surface area contributed by atoms with E-state index in [1.165, 1.54) is 5.57 Å². The van der Waals surface area contributed by atoms with E-state index in [0.717, 1.165) is 18.4 Å². The van der Waals surface area contributed by atoms with Gasteiger partial charge in [0.1, 0.15) is 0 Å². The molecule has 0 atom stereocenters. The molecule has 14 heavy (non-hydrogen) atoms. The zero-order chi connectivity index (χ0) is 11.0. The zero-order valence-corrected chi connectivity index (χ0v) is 9.47. The molecule has 0 aromatic heterocycles. The lowest BCUT2D eigenvalue weighted by Gasteiger charge is -1.97. The first kappa shape index (κ1) is 12.9. The molecule has 0 N–H and O–H groups in total. The Balaban J connectivity index is 3.94. The van der Waals surface area contributed by atoms with Crippen molar-refractivity contribution in [3.8, 4) is 0 Å². The van der Waals surface area contributed by atoms with Gasteiger partial charge in [-0.3, -0.25) is 4.79 Å². The Hall–Kier alpha value is -1.11. The van der Waals surface area contributed by atoms with Crippen molar-refractivity contribution in [1.82, 2.24) is 0 Å². The lowest BCUT2D eigenvalue weighted by atomic mass is 10.1. The number of rotatable bonds is 6. The van der Waals surface area contributed by atoms with Crippen molar-refractivity contribution in [2.75, 3.05) is 0 Å². The first-order chi connectivity index (χ1) is 6.56. The number of ketones is 1. The molecule has 0 unspecified atom stereocenters. The smallest absolute Gasteiger partial charge is 0.159 e. The maximum absolute atomic E-state index is 11.2. The molecule has 0 aromatic carbocycles. The van der Waals surface area contributed by atoms with Crippen LogP contribution in [0.4, 0.5) is 0 Å². The molecule has 78 valence electrons. The van der Waals surface area contributed by atoms with Gasteiger partial charge in [-0.2, -0.15) is 0 Å². The fourth-order valence-electron chi connectivity index (χ4n) is 1.14. The second-order valence-corrected chi connectivity index (χ2v) is 3.77. The predicted octanol–water partition coefficient (Wildman–Crippen LogP) is 3.82. The molecule has 0 aliphatic heterocycles. The molecule has 0 fully saturated rings. The van der Waals surface area contributed by atoms with Crippen LogP contribution in [0, 0.1) is 0 Å². The van der Waals surface area contributed by atoms with Crippen LogP contribution in [0.5, 0.6) is 0 Å². The van der Waals surface area contributed by atoms with Gasteiger partial charge in [-0.15, -0.1) is 6.58 Å². The minimum atomic E-state index is 0.148. The summed E-state index contributed by atoms with van der Waals surface area (Å²) >= 11 is 0. The maximum atomic E-state index is 11.2. The summed E-state index contributed by atoms with van der Waals surface area (Å²) in [6, 6.07) is 0. The summed E-state index contributed by atoms with van der Waals surface area (Å²) in [5.74, 6) is 0.148. The van der Waals surface area contributed by atoms with Crippen LogP contribution in [0.25, 0.3) is 0 Å². The Labute approximate surface area is 87.2 Å². The standard InChI is InChI=1S/C13H20O/c1-5-7-13(14)10-12(4)9-6-8-11(2)3/h5,8,10H,1,6-7,9H2,2-4H3/b12-10+. The minimum Gasteiger partial charge on any atom is -0.295 e. The van der Waals surface area contributed by atoms with E-state index in [4.69, 9.17) is 0 Å². The maximum Gasteiger partial charge on any atom is 0.159 e. The highest BCUT2D eigenvalue weighted by atomic mass is 16.1. The molecule has 0 heterocycles. The lowest BCUT2D eigenvalue weighted by Crippen LogP contribution is -1.91. The Bertz CT molecular complexity index is 252. The molecular formula is C13H20O. The first-order valence-corrected chi connectivity index (χ1v) is 5.00. The summed E-state index contributed by atoms with van der Waals surface area (Å²) in [5, 5.41) is 0. The van der Waals surface area contributed by atoms with E-state index in [2.05, 4.69) is 26.5 Å². The van der Waals surface area contributed by atoms with Gasteiger partial charge in [-0.05, 0) is 39.7 Å². The largest absolute Gasteiger partial charge is 0.295 e. The Morgan fingerprint density at radius 3 is 2.43 bits per heavy atom. The van der Waals surface area contributed by atoms with E-state index in [0.29, 0.717) is 6.42 Å². The Kier molecular flexibility index (Phi) is 6.73. The van der Waals surface area contributed by atoms with Gasteiger partial charge in [0.2, 0.25) is 0 Å². The van der Waals surface area contributed by atoms with Crippen LogP contribution in [0.15, 0.2) is 36.0 Å². The van der Waals surface area contributed by atoms with Gasteiger partial charge in [-0.1, -0.05) is 23.3 Å². The van der Waals surface area contributed by atoms with E-state index < -0.39 is 0 Å². The summed E-state index contributed by atoms with van der Waals surface area (Å²) < 4.78 is 0. The molecular weight excluding hydrogens is 172 g/mol. The summed E-state index contributed by atoms with van der Waals surface area (Å²) in [4.78, 5) is 11.2. The van der Waals surface area contributed by atoms with Crippen molar-refractivity contribution in [3.05, 3.63) is 36.0 Å². The molecule has 0 radical (unpaired) electrons. The second kappa shape index (κ2) is 7.31. The molecule has 0 rings (SSSR count). The Morgan fingerprint density at radius 1 is 1.29 bits per heavy atom. The molecule has 0 aliphatic carbocycles. The van der Waals surface area contributed by atoms with Gasteiger partial charge in [0, 0.05) is 6.42 Å². The van der Waals surface area contributed by atoms with Crippen molar-refractivity contribution < 1.29 is 4.79 Å². The molecule has 0 aromatic rings. The predicted molar refractivity (Wildman–Crippen MR) is 62.2 cm³/mol. The normalized spacial score (nSPS) is 10.9. The number of allylic oxidation sites excluding steroid dienone is 5. The Morgan fingerprint density at radius 2 is 1.93 bits per heavy atom. The quantitative estimate of drug-likeness (QED) is 0.462. The second-order valence-electron chi connectivity index (χ2n) is 3.77. The highest BCUT2D eigenvalue weighted by molar-refractivity contribution is 5.91. The van der Waals surface area contributed by atoms with Crippen molar-refractivity contribution >= 4 is 5.78 Å². The molecule has 1 heteroatoms. The topological polar surface area (TPSA) is 17.1 Å². The van der Waals surface area contributed by atoms with Crippen molar-refractivity contribution in [2.45, 2.75) is 40.0 Å². The number of hydrogen-bond acceptors (Lipinski definition) is 1. The molecule has 0 amide bonds. The summed E-state index contributed by atoms with van der Waals surface area (Å²) in [6.07, 6.45) is 7.98. The monoisotopic (exact) mass is 192 g/mol. The average Bonchev–Trinajstić information content (AvgIpc) is 2.03. The van der Waals surface area contributed by atoms with Crippen molar-refractivity contribution in [3.63, 3.8) is 0 Å². The number of carbonyl (C=O) groups is 1. The van der Waals surface area contributed by atoms with Crippen molar-refractivity contribution in [1.29, 1.82) is 0 Å². The highest BCUT2D eigenvalue weighted by Crippen LogP contribution is 2.07. The minimum absolute atomic E-state index is 0.148. The lowest BCUT2D eigenvalue weighted by molar-refractivity contribution is -0.113. The van der Waals surface area contributed by atoms with Gasteiger partial charge in [0.05, 0.1) is 0 Å². The highest BCUT2D eigenvalue weighted by Gasteiger charge is 1.95. The van der Waals surface area contributed by atoms with E-state index in [9.17, 15) is 4.79 Å². The third-order valence-corrected chi connectivity index (χ3v) is 1.84. The van der Waals surface area contributed by atoms with Crippen LogP contribution in [0.1, 0.15) is 40.0 Å². The van der Waals surface area contributed by atoms with E-state index >= 15 is 0 Å². The van der Waals surface area contributed by atoms with Crippen LogP contribution in [0.2, 0.25) is 0 Å². The van der Waals surface area contributed by atoms with Gasteiger partial charge < -0.3 is 0 Å². The molecule has 0 aliphatic rings. The SMILES string of the molecule is C=CCC(=O)/C=C(\C)CCC=C(C)C. The van der Waals surface area contributed by atoms with Gasteiger partial charge in [-0.25, -0.2) is 0 Å². The molecule has 0 saturated carbocycles. The molecule has 0 saturated heterocycles. The zero-order valence-electron chi connectivity index (χ0n) is 9.47. The fourth-order valence-corrected chi connectivity index (χ4v) is 1.14. The van der Waals surface area contributed by atoms with E-state index in [1.54, 1.807) is 12.2 Å². The van der Waals surface area contributed by atoms with Gasteiger partial charge in [0.15, 0.2) is 5.78 Å². The van der Waals surface area contributed by atoms with Crippen LogP contribution >= 0.6 is 0 Å². The van der Waals surface area contributed by atoms with Crippen LogP contribution in [-0.4, -0.2) is 5.78 Å². The third-order valence-electron chi connectivity index (χ3n) is 1.84. The first-order valence-electron chi connectivity index (χ1n) is 5.00. The van der Waals surface area contributed by atoms with E-state index in [-0.39, 0.29) is 5.78 Å². The van der Waals surface area contributed by atoms with Gasteiger partial charge in [0.25, 0.3) is 0 Å². The summed E-state index contributed by atoms with van der Waals surface area (Å²) in [7, 11) is 0. The van der Waals surface area contributed by atoms with Crippen molar-refractivity contribution in [2.24, 2.45) is 0 Å². The third kappa shape index (κ3) is 7.53. The average molecular weight is 192 g/mol. The molecule has 1 nitrogen and oxygen atoms in total. The van der Waals surface area contributed by atoms with Crippen LogP contribution < -0.4 is 0 Å². The number of hydrogen-bond donors (Lipinski definition) is 0. The summed E-state index contributed by atoms with van der Waals surface area (Å²) in [5.41, 5.74) is 2.48. The van der Waals surface area contributed by atoms with Gasteiger partial charge >= 0.3 is 0 Å². The fraction of sp³-hybridized carbons (Fsp3) is 0.462. The number of carbonyl (C=O) groups excluding carboxylic acids is 1.